The van der Waals surface area contributed by atoms with E-state index in [1.54, 1.807) is 14.2 Å². The fourth-order valence-corrected chi connectivity index (χ4v) is 5.36. The smallest absolute Gasteiger partial charge is 0.230 e. The van der Waals surface area contributed by atoms with Crippen LogP contribution in [-0.4, -0.2) is 37.8 Å². The van der Waals surface area contributed by atoms with Crippen molar-refractivity contribution in [2.75, 3.05) is 14.2 Å². The number of benzene rings is 1. The normalized spacial score (nSPS) is 37.3. The van der Waals surface area contributed by atoms with Gasteiger partial charge in [-0.2, -0.15) is 0 Å². The van der Waals surface area contributed by atoms with E-state index in [9.17, 15) is 9.59 Å². The molecule has 4 aliphatic rings. The molecule has 130 valence electrons. The Hall–Kier alpha value is -2.57. The summed E-state index contributed by atoms with van der Waals surface area (Å²) in [7, 11) is 3.18. The second kappa shape index (κ2) is 4.97. The van der Waals surface area contributed by atoms with E-state index in [0.717, 1.165) is 17.7 Å². The first-order chi connectivity index (χ1) is 12.2. The molecule has 2 aliphatic heterocycles. The number of carbonyl (C=O) groups excluding carboxylic acids is 2. The van der Waals surface area contributed by atoms with Crippen molar-refractivity contribution < 1.29 is 23.9 Å². The molecular formula is C18H18N2O5. The molecule has 6 unspecified atom stereocenters. The van der Waals surface area contributed by atoms with Crippen LogP contribution in [-0.2, 0) is 14.4 Å². The van der Waals surface area contributed by atoms with Crippen molar-refractivity contribution in [3.8, 4) is 11.5 Å². The average Bonchev–Trinajstić information content (AvgIpc) is 3.34. The average molecular weight is 342 g/mol. The number of hydrogen-bond donors (Lipinski definition) is 1. The molecule has 2 amide bonds. The molecule has 5 rings (SSSR count). The van der Waals surface area contributed by atoms with Gasteiger partial charge in [0.15, 0.2) is 11.5 Å². The molecule has 0 radical (unpaired) electrons. The van der Waals surface area contributed by atoms with Crippen molar-refractivity contribution in [2.24, 2.45) is 34.7 Å². The van der Waals surface area contributed by atoms with Crippen LogP contribution in [0.4, 0.5) is 0 Å². The fraction of sp³-hybridized carbons (Fsp3) is 0.500. The molecule has 2 saturated carbocycles. The maximum absolute atomic E-state index is 12.3. The third kappa shape index (κ3) is 1.73. The Kier molecular flexibility index (Phi) is 2.93. The summed E-state index contributed by atoms with van der Waals surface area (Å²) >= 11 is 0. The second-order valence-electron chi connectivity index (χ2n) is 7.08. The van der Waals surface area contributed by atoms with Crippen molar-refractivity contribution in [3.63, 3.8) is 0 Å². The molecule has 25 heavy (non-hydrogen) atoms. The number of fused-ring (bicyclic) bond motifs is 8. The number of methoxy groups -OCH3 is 2. The molecule has 2 bridgehead atoms. The van der Waals surface area contributed by atoms with Crippen LogP contribution in [0.2, 0.25) is 0 Å². The fourth-order valence-electron chi connectivity index (χ4n) is 5.36. The van der Waals surface area contributed by atoms with E-state index in [1.165, 1.54) is 0 Å². The molecule has 3 fully saturated rings. The monoisotopic (exact) mass is 342 g/mol. The number of hydrogen-bond acceptors (Lipinski definition) is 6. The zero-order valence-corrected chi connectivity index (χ0v) is 13.9. The summed E-state index contributed by atoms with van der Waals surface area (Å²) in [5, 5.41) is 6.82. The van der Waals surface area contributed by atoms with Crippen LogP contribution < -0.4 is 14.8 Å². The Morgan fingerprint density at radius 3 is 2.56 bits per heavy atom. The number of nitrogens with one attached hydrogen (secondary N) is 1. The van der Waals surface area contributed by atoms with Gasteiger partial charge in [-0.1, -0.05) is 11.2 Å². The summed E-state index contributed by atoms with van der Waals surface area (Å²) in [6.45, 7) is 0. The summed E-state index contributed by atoms with van der Waals surface area (Å²) in [4.78, 5) is 30.1. The van der Waals surface area contributed by atoms with Crippen molar-refractivity contribution in [3.05, 3.63) is 23.8 Å². The molecule has 1 aromatic carbocycles. The Balaban J connectivity index is 1.56. The van der Waals surface area contributed by atoms with E-state index >= 15 is 0 Å². The standard InChI is InChI=1S/C18H18N2O5/c1-23-10-5-3-4-7(15(10)24-2)14-13-8-6-9(16(13)25-20-14)12-11(8)17(21)19-18(12)22/h3-5,8-9,11-13,16H,6H2,1-2H3,(H,19,21,22). The highest BCUT2D eigenvalue weighted by Gasteiger charge is 2.68. The van der Waals surface area contributed by atoms with Gasteiger partial charge >= 0.3 is 0 Å². The van der Waals surface area contributed by atoms with Gasteiger partial charge in [-0.15, -0.1) is 0 Å². The number of amides is 2. The maximum atomic E-state index is 12.3. The number of carbonyl (C=O) groups is 2. The summed E-state index contributed by atoms with van der Waals surface area (Å²) in [5.41, 5.74) is 1.61. The molecule has 1 saturated heterocycles. The number of nitrogens with zero attached hydrogens (tertiary/aromatic N) is 1. The topological polar surface area (TPSA) is 86.2 Å². The van der Waals surface area contributed by atoms with Gasteiger partial charge in [-0.25, -0.2) is 0 Å². The third-order valence-corrected chi connectivity index (χ3v) is 6.21. The van der Waals surface area contributed by atoms with E-state index in [2.05, 4.69) is 10.5 Å². The lowest BCUT2D eigenvalue weighted by molar-refractivity contribution is -0.127. The van der Waals surface area contributed by atoms with Crippen molar-refractivity contribution in [1.82, 2.24) is 5.32 Å². The second-order valence-corrected chi connectivity index (χ2v) is 7.08. The van der Waals surface area contributed by atoms with Gasteiger partial charge in [0.05, 0.1) is 31.8 Å². The minimum atomic E-state index is -0.263. The lowest BCUT2D eigenvalue weighted by Gasteiger charge is -2.30. The van der Waals surface area contributed by atoms with Crippen molar-refractivity contribution >= 4 is 17.5 Å². The van der Waals surface area contributed by atoms with Crippen LogP contribution in [0.25, 0.3) is 0 Å². The van der Waals surface area contributed by atoms with E-state index in [1.807, 2.05) is 18.2 Å². The molecule has 0 aromatic heterocycles. The van der Waals surface area contributed by atoms with Crippen LogP contribution in [0.1, 0.15) is 12.0 Å². The Morgan fingerprint density at radius 2 is 1.84 bits per heavy atom. The van der Waals surface area contributed by atoms with Gasteiger partial charge in [0.2, 0.25) is 11.8 Å². The van der Waals surface area contributed by atoms with Crippen LogP contribution in [0, 0.1) is 29.6 Å². The summed E-state index contributed by atoms with van der Waals surface area (Å²) in [6, 6.07) is 5.64. The molecule has 2 aliphatic carbocycles. The molecule has 1 aromatic rings. The minimum Gasteiger partial charge on any atom is -0.493 e. The molecule has 7 nitrogen and oxygen atoms in total. The van der Waals surface area contributed by atoms with E-state index in [4.69, 9.17) is 14.3 Å². The third-order valence-electron chi connectivity index (χ3n) is 6.21. The SMILES string of the molecule is COc1cccc(C2=NOC3C4CC(C23)C2C(=O)NC(=O)C42)c1OC. The first kappa shape index (κ1) is 14.7. The van der Waals surface area contributed by atoms with E-state index in [-0.39, 0.29) is 47.5 Å². The Morgan fingerprint density at radius 1 is 1.08 bits per heavy atom. The highest BCUT2D eigenvalue weighted by molar-refractivity contribution is 6.09. The zero-order valence-electron chi connectivity index (χ0n) is 13.9. The van der Waals surface area contributed by atoms with Crippen LogP contribution in [0.15, 0.2) is 23.4 Å². The highest BCUT2D eigenvalue weighted by atomic mass is 16.6. The first-order valence-corrected chi connectivity index (χ1v) is 8.45. The van der Waals surface area contributed by atoms with Gasteiger partial charge in [-0.3, -0.25) is 14.9 Å². The number of ether oxygens (including phenoxy) is 2. The number of imide groups is 1. The quantitative estimate of drug-likeness (QED) is 0.827. The lowest BCUT2D eigenvalue weighted by Crippen LogP contribution is -2.41. The predicted molar refractivity (Wildman–Crippen MR) is 86.2 cm³/mol. The van der Waals surface area contributed by atoms with Crippen LogP contribution in [0.3, 0.4) is 0 Å². The molecular weight excluding hydrogens is 324 g/mol. The number of para-hydroxylation sites is 1. The van der Waals surface area contributed by atoms with E-state index < -0.39 is 0 Å². The summed E-state index contributed by atoms with van der Waals surface area (Å²) < 4.78 is 10.9. The van der Waals surface area contributed by atoms with Gasteiger partial charge in [0.25, 0.3) is 0 Å². The van der Waals surface area contributed by atoms with Gasteiger partial charge in [0.1, 0.15) is 6.10 Å². The first-order valence-electron chi connectivity index (χ1n) is 8.45. The number of oxime groups is 1. The summed E-state index contributed by atoms with van der Waals surface area (Å²) in [5.74, 6) is 0.529. The highest BCUT2D eigenvalue weighted by Crippen LogP contribution is 2.60. The van der Waals surface area contributed by atoms with Gasteiger partial charge in [0, 0.05) is 17.4 Å². The van der Waals surface area contributed by atoms with E-state index in [0.29, 0.717) is 11.5 Å². The summed E-state index contributed by atoms with van der Waals surface area (Å²) in [6.07, 6.45) is 0.684. The molecule has 7 heteroatoms. The minimum absolute atomic E-state index is 0.00362. The lowest BCUT2D eigenvalue weighted by atomic mass is 9.71. The maximum Gasteiger partial charge on any atom is 0.230 e. The Bertz CT molecular complexity index is 820. The number of rotatable bonds is 3. The van der Waals surface area contributed by atoms with Crippen molar-refractivity contribution in [1.29, 1.82) is 0 Å². The van der Waals surface area contributed by atoms with Crippen LogP contribution in [0.5, 0.6) is 11.5 Å². The van der Waals surface area contributed by atoms with Gasteiger partial charge < -0.3 is 14.3 Å². The van der Waals surface area contributed by atoms with Crippen molar-refractivity contribution in [2.45, 2.75) is 12.5 Å². The zero-order chi connectivity index (χ0) is 17.3. The van der Waals surface area contributed by atoms with Crippen LogP contribution >= 0.6 is 0 Å². The largest absolute Gasteiger partial charge is 0.493 e. The predicted octanol–water partition coefficient (Wildman–Crippen LogP) is 0.961. The molecule has 2 heterocycles. The van der Waals surface area contributed by atoms with Gasteiger partial charge in [-0.05, 0) is 24.5 Å². The molecule has 0 spiro atoms. The molecule has 6 atom stereocenters. The Labute approximate surface area is 144 Å². The molecule has 1 N–H and O–H groups in total.